The van der Waals surface area contributed by atoms with Crippen LogP contribution < -0.4 is 5.32 Å². The molecular weight excluding hydrogens is 262 g/mol. The van der Waals surface area contributed by atoms with Gasteiger partial charge in [-0.1, -0.05) is 13.3 Å². The van der Waals surface area contributed by atoms with Crippen LogP contribution in [0.3, 0.4) is 0 Å². The monoisotopic (exact) mass is 279 g/mol. The molecule has 0 aliphatic heterocycles. The second-order valence-electron chi connectivity index (χ2n) is 4.39. The number of rotatable bonds is 7. The molecule has 1 heterocycles. The van der Waals surface area contributed by atoms with E-state index in [0.717, 1.165) is 19.3 Å². The van der Waals surface area contributed by atoms with Crippen molar-refractivity contribution in [2.24, 2.45) is 5.92 Å². The summed E-state index contributed by atoms with van der Waals surface area (Å²) in [7, 11) is 0. The molecule has 4 nitrogen and oxygen atoms in total. The average molecular weight is 280 g/mol. The molecule has 0 bridgehead atoms. The smallest absolute Gasteiger partial charge is 0.269 e. The number of aromatic nitrogens is 1. The quantitative estimate of drug-likeness (QED) is 0.781. The van der Waals surface area contributed by atoms with Gasteiger partial charge < -0.3 is 5.32 Å². The molecule has 0 radical (unpaired) electrons. The van der Waals surface area contributed by atoms with Gasteiger partial charge >= 0.3 is 0 Å². The number of amides is 1. The van der Waals surface area contributed by atoms with Crippen LogP contribution in [0, 0.1) is 17.2 Å². The van der Waals surface area contributed by atoms with Gasteiger partial charge in [0.15, 0.2) is 0 Å². The number of nitriles is 1. The first-order valence-corrected chi connectivity index (χ1v) is 6.95. The molecule has 0 aliphatic rings. The van der Waals surface area contributed by atoms with E-state index in [1.807, 2.05) is 6.07 Å². The highest BCUT2D eigenvalue weighted by Gasteiger charge is 2.11. The van der Waals surface area contributed by atoms with E-state index < -0.39 is 0 Å². The summed E-state index contributed by atoms with van der Waals surface area (Å²) in [4.78, 5) is 15.8. The fourth-order valence-electron chi connectivity index (χ4n) is 1.83. The van der Waals surface area contributed by atoms with Gasteiger partial charge in [-0.25, -0.2) is 4.98 Å². The molecule has 1 amide bonds. The molecule has 1 aromatic rings. The number of nitrogens with one attached hydrogen (secondary N) is 1. The van der Waals surface area contributed by atoms with Crippen LogP contribution in [-0.4, -0.2) is 23.3 Å². The Kier molecular flexibility index (Phi) is 6.91. The maximum Gasteiger partial charge on any atom is 0.269 e. The Labute approximate surface area is 118 Å². The lowest BCUT2D eigenvalue weighted by Crippen LogP contribution is -2.30. The summed E-state index contributed by atoms with van der Waals surface area (Å²) >= 11 is 5.74. The van der Waals surface area contributed by atoms with Crippen LogP contribution in [0.15, 0.2) is 18.3 Å². The van der Waals surface area contributed by atoms with Crippen LogP contribution in [-0.2, 0) is 0 Å². The maximum absolute atomic E-state index is 11.9. The van der Waals surface area contributed by atoms with Crippen LogP contribution in [0.1, 0.15) is 42.2 Å². The predicted octanol–water partition coefficient (Wildman–Crippen LogP) is 2.73. The lowest BCUT2D eigenvalue weighted by atomic mass is 10.0. The van der Waals surface area contributed by atoms with Crippen LogP contribution in [0.4, 0.5) is 0 Å². The van der Waals surface area contributed by atoms with Gasteiger partial charge in [-0.2, -0.15) is 5.26 Å². The minimum Gasteiger partial charge on any atom is -0.350 e. The lowest BCUT2D eigenvalue weighted by molar-refractivity contribution is 0.0941. The molecule has 0 saturated carbocycles. The van der Waals surface area contributed by atoms with Gasteiger partial charge in [-0.3, -0.25) is 4.79 Å². The molecular formula is C14H18ClN3O. The van der Waals surface area contributed by atoms with Crippen molar-refractivity contribution in [2.75, 3.05) is 12.4 Å². The number of alkyl halides is 1. The van der Waals surface area contributed by atoms with Crippen molar-refractivity contribution >= 4 is 17.5 Å². The highest BCUT2D eigenvalue weighted by atomic mass is 35.5. The van der Waals surface area contributed by atoms with Crippen molar-refractivity contribution < 1.29 is 4.79 Å². The van der Waals surface area contributed by atoms with Gasteiger partial charge in [0, 0.05) is 18.6 Å². The zero-order valence-corrected chi connectivity index (χ0v) is 11.8. The van der Waals surface area contributed by atoms with E-state index in [4.69, 9.17) is 16.9 Å². The summed E-state index contributed by atoms with van der Waals surface area (Å²) in [5.41, 5.74) is 0.780. The number of carbonyl (C=O) groups excluding carboxylic acids is 1. The Morgan fingerprint density at radius 3 is 2.84 bits per heavy atom. The summed E-state index contributed by atoms with van der Waals surface area (Å²) in [6, 6.07) is 5.12. The first-order valence-electron chi connectivity index (χ1n) is 6.41. The minimum absolute atomic E-state index is 0.208. The van der Waals surface area contributed by atoms with E-state index in [1.54, 1.807) is 12.1 Å². The molecule has 0 spiro atoms. The standard InChI is InChI=1S/C14H18ClN3O/c1-2-3-11(6-7-15)9-18-14(19)13-5-4-12(8-16)10-17-13/h4-5,10-11H,2-3,6-7,9H2,1H3,(H,18,19). The summed E-state index contributed by atoms with van der Waals surface area (Å²) in [6.45, 7) is 2.73. The minimum atomic E-state index is -0.208. The van der Waals surface area contributed by atoms with Gasteiger partial charge in [0.05, 0.1) is 5.56 Å². The fraction of sp³-hybridized carbons (Fsp3) is 0.500. The number of halogens is 1. The second-order valence-corrected chi connectivity index (χ2v) is 4.76. The van der Waals surface area contributed by atoms with E-state index in [9.17, 15) is 4.79 Å². The Hall–Kier alpha value is -1.60. The summed E-state index contributed by atoms with van der Waals surface area (Å²) in [5, 5.41) is 11.5. The second kappa shape index (κ2) is 8.49. The van der Waals surface area contributed by atoms with Crippen molar-refractivity contribution in [2.45, 2.75) is 26.2 Å². The third-order valence-corrected chi connectivity index (χ3v) is 3.11. The number of hydrogen-bond donors (Lipinski definition) is 1. The predicted molar refractivity (Wildman–Crippen MR) is 75.0 cm³/mol. The molecule has 19 heavy (non-hydrogen) atoms. The molecule has 1 unspecified atom stereocenters. The SMILES string of the molecule is CCCC(CCCl)CNC(=O)c1ccc(C#N)cn1. The molecule has 1 rings (SSSR count). The highest BCUT2D eigenvalue weighted by Crippen LogP contribution is 2.11. The fourth-order valence-corrected chi connectivity index (χ4v) is 2.14. The third kappa shape index (κ3) is 5.27. The maximum atomic E-state index is 11.9. The van der Waals surface area contributed by atoms with Crippen molar-refractivity contribution in [3.63, 3.8) is 0 Å². The highest BCUT2D eigenvalue weighted by molar-refractivity contribution is 6.17. The molecule has 102 valence electrons. The van der Waals surface area contributed by atoms with Crippen LogP contribution in [0.2, 0.25) is 0 Å². The van der Waals surface area contributed by atoms with Gasteiger partial charge in [0.1, 0.15) is 11.8 Å². The van der Waals surface area contributed by atoms with E-state index in [2.05, 4.69) is 17.2 Å². The van der Waals surface area contributed by atoms with Crippen LogP contribution >= 0.6 is 11.6 Å². The zero-order chi connectivity index (χ0) is 14.1. The molecule has 1 aromatic heterocycles. The van der Waals surface area contributed by atoms with Gasteiger partial charge in [0.25, 0.3) is 5.91 Å². The van der Waals surface area contributed by atoms with Gasteiger partial charge in [0.2, 0.25) is 0 Å². The molecule has 0 saturated heterocycles. The Balaban J connectivity index is 2.51. The number of nitrogens with zero attached hydrogens (tertiary/aromatic N) is 2. The van der Waals surface area contributed by atoms with E-state index in [1.165, 1.54) is 6.20 Å². The largest absolute Gasteiger partial charge is 0.350 e. The molecule has 0 aliphatic carbocycles. The summed E-state index contributed by atoms with van der Waals surface area (Å²) in [5.74, 6) is 0.806. The van der Waals surface area contributed by atoms with Crippen molar-refractivity contribution in [3.05, 3.63) is 29.6 Å². The number of hydrogen-bond acceptors (Lipinski definition) is 3. The Morgan fingerprint density at radius 2 is 2.32 bits per heavy atom. The molecule has 5 heteroatoms. The lowest BCUT2D eigenvalue weighted by Gasteiger charge is -2.15. The Bertz CT molecular complexity index is 433. The first kappa shape index (κ1) is 15.5. The van der Waals surface area contributed by atoms with Crippen LogP contribution in [0.25, 0.3) is 0 Å². The van der Waals surface area contributed by atoms with Crippen molar-refractivity contribution in [1.29, 1.82) is 5.26 Å². The molecule has 1 N–H and O–H groups in total. The van der Waals surface area contributed by atoms with Crippen LogP contribution in [0.5, 0.6) is 0 Å². The summed E-state index contributed by atoms with van der Waals surface area (Å²) in [6.07, 6.45) is 4.42. The van der Waals surface area contributed by atoms with Gasteiger partial charge in [-0.05, 0) is 30.9 Å². The van der Waals surface area contributed by atoms with Crippen molar-refractivity contribution in [1.82, 2.24) is 10.3 Å². The number of carbonyl (C=O) groups is 1. The van der Waals surface area contributed by atoms with E-state index in [0.29, 0.717) is 29.6 Å². The average Bonchev–Trinajstić information content (AvgIpc) is 2.45. The number of pyridine rings is 1. The van der Waals surface area contributed by atoms with Gasteiger partial charge in [-0.15, -0.1) is 11.6 Å². The van der Waals surface area contributed by atoms with E-state index in [-0.39, 0.29) is 5.91 Å². The molecule has 0 fully saturated rings. The van der Waals surface area contributed by atoms with E-state index >= 15 is 0 Å². The first-order chi connectivity index (χ1) is 9.21. The zero-order valence-electron chi connectivity index (χ0n) is 11.0. The summed E-state index contributed by atoms with van der Waals surface area (Å²) < 4.78 is 0. The topological polar surface area (TPSA) is 65.8 Å². The third-order valence-electron chi connectivity index (χ3n) is 2.89. The normalized spacial score (nSPS) is 11.6. The Morgan fingerprint density at radius 1 is 1.53 bits per heavy atom. The molecule has 1 atom stereocenters. The molecule has 0 aromatic carbocycles. The van der Waals surface area contributed by atoms with Crippen molar-refractivity contribution in [3.8, 4) is 6.07 Å².